The number of amides is 1. The van der Waals surface area contributed by atoms with Crippen LogP contribution in [-0.4, -0.2) is 57.7 Å². The van der Waals surface area contributed by atoms with Gasteiger partial charge in [-0.2, -0.15) is 0 Å². The van der Waals surface area contributed by atoms with Crippen molar-refractivity contribution in [3.05, 3.63) is 42.9 Å². The van der Waals surface area contributed by atoms with Crippen molar-refractivity contribution in [3.8, 4) is 11.1 Å². The van der Waals surface area contributed by atoms with Gasteiger partial charge in [0.25, 0.3) is 5.91 Å². The van der Waals surface area contributed by atoms with Crippen LogP contribution in [0.5, 0.6) is 0 Å². The minimum atomic E-state index is -1.30. The summed E-state index contributed by atoms with van der Waals surface area (Å²) in [5.41, 5.74) is 0.795. The Bertz CT molecular complexity index is 759. The summed E-state index contributed by atoms with van der Waals surface area (Å²) in [6.45, 7) is 2.64. The fraction of sp³-hybridized carbons (Fsp3) is 0.450. The van der Waals surface area contributed by atoms with E-state index in [1.54, 1.807) is 12.4 Å². The van der Waals surface area contributed by atoms with Crippen LogP contribution in [0.25, 0.3) is 11.1 Å². The fourth-order valence-corrected chi connectivity index (χ4v) is 3.91. The highest BCUT2D eigenvalue weighted by Crippen LogP contribution is 2.29. The SMILES string of the molecule is O=C(N1CCCC1)C1(O)CCCN(c2ccc(-c3ccncc3)cn2)C1. The van der Waals surface area contributed by atoms with E-state index in [1.807, 2.05) is 40.3 Å². The summed E-state index contributed by atoms with van der Waals surface area (Å²) < 4.78 is 0. The Labute approximate surface area is 153 Å². The molecule has 1 amide bonds. The fourth-order valence-electron chi connectivity index (χ4n) is 3.91. The zero-order valence-corrected chi connectivity index (χ0v) is 14.8. The third kappa shape index (κ3) is 3.29. The van der Waals surface area contributed by atoms with Crippen LogP contribution in [0.2, 0.25) is 0 Å². The van der Waals surface area contributed by atoms with Crippen molar-refractivity contribution in [1.82, 2.24) is 14.9 Å². The highest BCUT2D eigenvalue weighted by atomic mass is 16.3. The normalized spacial score (nSPS) is 23.3. The van der Waals surface area contributed by atoms with Crippen molar-refractivity contribution in [2.24, 2.45) is 0 Å². The van der Waals surface area contributed by atoms with E-state index in [0.29, 0.717) is 13.0 Å². The van der Waals surface area contributed by atoms with Crippen molar-refractivity contribution in [1.29, 1.82) is 0 Å². The largest absolute Gasteiger partial charge is 0.378 e. The Balaban J connectivity index is 1.50. The minimum absolute atomic E-state index is 0.117. The van der Waals surface area contributed by atoms with Gasteiger partial charge in [0.05, 0.1) is 6.54 Å². The average molecular weight is 352 g/mol. The number of aliphatic hydroxyl groups is 1. The molecule has 2 fully saturated rings. The van der Waals surface area contributed by atoms with Crippen LogP contribution in [0.3, 0.4) is 0 Å². The molecule has 2 aromatic rings. The molecule has 4 rings (SSSR count). The van der Waals surface area contributed by atoms with Gasteiger partial charge in [0.1, 0.15) is 5.82 Å². The second-order valence-corrected chi connectivity index (χ2v) is 7.20. The molecule has 6 nitrogen and oxygen atoms in total. The molecule has 2 aliphatic heterocycles. The topological polar surface area (TPSA) is 69.6 Å². The first-order valence-corrected chi connectivity index (χ1v) is 9.29. The van der Waals surface area contributed by atoms with Crippen molar-refractivity contribution in [3.63, 3.8) is 0 Å². The zero-order valence-electron chi connectivity index (χ0n) is 14.8. The Hall–Kier alpha value is -2.47. The number of carbonyl (C=O) groups excluding carboxylic acids is 1. The average Bonchev–Trinajstić information content (AvgIpc) is 3.23. The van der Waals surface area contributed by atoms with E-state index < -0.39 is 5.60 Å². The third-order valence-electron chi connectivity index (χ3n) is 5.35. The summed E-state index contributed by atoms with van der Waals surface area (Å²) in [6.07, 6.45) is 8.72. The first-order valence-electron chi connectivity index (χ1n) is 9.29. The van der Waals surface area contributed by atoms with Crippen molar-refractivity contribution >= 4 is 11.7 Å². The van der Waals surface area contributed by atoms with Gasteiger partial charge in [0.2, 0.25) is 0 Å². The molecule has 1 atom stereocenters. The van der Waals surface area contributed by atoms with Gasteiger partial charge in [-0.1, -0.05) is 0 Å². The Morgan fingerprint density at radius 2 is 1.77 bits per heavy atom. The van der Waals surface area contributed by atoms with Crippen LogP contribution in [0.15, 0.2) is 42.9 Å². The molecular weight excluding hydrogens is 328 g/mol. The van der Waals surface area contributed by atoms with Crippen LogP contribution in [0.1, 0.15) is 25.7 Å². The summed E-state index contributed by atoms with van der Waals surface area (Å²) in [5.74, 6) is 0.684. The molecule has 2 saturated heterocycles. The molecule has 0 radical (unpaired) electrons. The molecule has 1 unspecified atom stereocenters. The third-order valence-corrected chi connectivity index (χ3v) is 5.35. The number of pyridine rings is 2. The predicted molar refractivity (Wildman–Crippen MR) is 99.7 cm³/mol. The smallest absolute Gasteiger partial charge is 0.256 e. The van der Waals surface area contributed by atoms with E-state index in [-0.39, 0.29) is 5.91 Å². The summed E-state index contributed by atoms with van der Waals surface area (Å²) in [5, 5.41) is 11.0. The molecule has 0 saturated carbocycles. The molecule has 6 heteroatoms. The van der Waals surface area contributed by atoms with Gasteiger partial charge in [-0.25, -0.2) is 4.98 Å². The lowest BCUT2D eigenvalue weighted by Crippen LogP contribution is -2.57. The zero-order chi connectivity index (χ0) is 18.0. The Morgan fingerprint density at radius 1 is 1.00 bits per heavy atom. The number of rotatable bonds is 3. The van der Waals surface area contributed by atoms with Crippen LogP contribution in [0, 0.1) is 0 Å². The van der Waals surface area contributed by atoms with Crippen LogP contribution in [-0.2, 0) is 4.79 Å². The number of hydrogen-bond donors (Lipinski definition) is 1. The van der Waals surface area contributed by atoms with E-state index in [1.165, 1.54) is 0 Å². The lowest BCUT2D eigenvalue weighted by atomic mass is 9.91. The number of hydrogen-bond acceptors (Lipinski definition) is 5. The molecule has 0 aliphatic carbocycles. The number of β-amino-alcohol motifs (C(OH)–C–C–N with tert-alkyl or cyclic N) is 1. The minimum Gasteiger partial charge on any atom is -0.378 e. The van der Waals surface area contributed by atoms with E-state index in [9.17, 15) is 9.90 Å². The van der Waals surface area contributed by atoms with Gasteiger partial charge in [-0.15, -0.1) is 0 Å². The van der Waals surface area contributed by atoms with E-state index in [0.717, 1.165) is 55.8 Å². The van der Waals surface area contributed by atoms with Gasteiger partial charge < -0.3 is 14.9 Å². The van der Waals surface area contributed by atoms with E-state index in [4.69, 9.17) is 0 Å². The summed E-state index contributed by atoms with van der Waals surface area (Å²) in [4.78, 5) is 25.2. The lowest BCUT2D eigenvalue weighted by molar-refractivity contribution is -0.151. The molecule has 0 aromatic carbocycles. The van der Waals surface area contributed by atoms with Gasteiger partial charge in [0.15, 0.2) is 5.60 Å². The number of carbonyl (C=O) groups is 1. The Kier molecular flexibility index (Phi) is 4.59. The van der Waals surface area contributed by atoms with Gasteiger partial charge in [-0.05, 0) is 55.5 Å². The second-order valence-electron chi connectivity index (χ2n) is 7.20. The molecule has 2 aromatic heterocycles. The quantitative estimate of drug-likeness (QED) is 0.916. The first kappa shape index (κ1) is 17.0. The maximum absolute atomic E-state index is 12.8. The van der Waals surface area contributed by atoms with Crippen molar-refractivity contribution < 1.29 is 9.90 Å². The summed E-state index contributed by atoms with van der Waals surface area (Å²) in [6, 6.07) is 7.88. The van der Waals surface area contributed by atoms with Crippen molar-refractivity contribution in [2.45, 2.75) is 31.3 Å². The monoisotopic (exact) mass is 352 g/mol. The number of nitrogens with zero attached hydrogens (tertiary/aromatic N) is 4. The molecule has 26 heavy (non-hydrogen) atoms. The molecule has 1 N–H and O–H groups in total. The van der Waals surface area contributed by atoms with Gasteiger partial charge >= 0.3 is 0 Å². The lowest BCUT2D eigenvalue weighted by Gasteiger charge is -2.40. The summed E-state index contributed by atoms with van der Waals surface area (Å²) >= 11 is 0. The summed E-state index contributed by atoms with van der Waals surface area (Å²) in [7, 11) is 0. The second kappa shape index (κ2) is 7.03. The highest BCUT2D eigenvalue weighted by molar-refractivity contribution is 5.86. The number of anilines is 1. The van der Waals surface area contributed by atoms with E-state index >= 15 is 0 Å². The molecule has 4 heterocycles. The number of piperidine rings is 1. The maximum Gasteiger partial charge on any atom is 0.256 e. The van der Waals surface area contributed by atoms with Crippen LogP contribution in [0.4, 0.5) is 5.82 Å². The molecule has 0 spiro atoms. The number of likely N-dealkylation sites (tertiary alicyclic amines) is 1. The van der Waals surface area contributed by atoms with E-state index in [2.05, 4.69) is 9.97 Å². The number of aromatic nitrogens is 2. The van der Waals surface area contributed by atoms with Crippen LogP contribution >= 0.6 is 0 Å². The van der Waals surface area contributed by atoms with Gasteiger partial charge in [-0.3, -0.25) is 9.78 Å². The standard InChI is InChI=1S/C20H24N4O2/c25-19(23-11-1-2-12-23)20(26)8-3-13-24(15-20)18-5-4-17(14-22-18)16-6-9-21-10-7-16/h4-7,9-10,14,26H,1-3,8,11-13,15H2. The Morgan fingerprint density at radius 3 is 2.46 bits per heavy atom. The molecule has 0 bridgehead atoms. The predicted octanol–water partition coefficient (Wildman–Crippen LogP) is 2.10. The molecular formula is C20H24N4O2. The molecule has 2 aliphatic rings. The van der Waals surface area contributed by atoms with Gasteiger partial charge in [0, 0.05) is 43.8 Å². The van der Waals surface area contributed by atoms with Crippen molar-refractivity contribution in [2.75, 3.05) is 31.1 Å². The molecule has 136 valence electrons. The highest BCUT2D eigenvalue weighted by Gasteiger charge is 2.43. The maximum atomic E-state index is 12.8. The first-order chi connectivity index (χ1) is 12.7. The van der Waals surface area contributed by atoms with Crippen LogP contribution < -0.4 is 4.90 Å².